The number of methoxy groups -OCH3 is 1. The molecule has 6 nitrogen and oxygen atoms in total. The summed E-state index contributed by atoms with van der Waals surface area (Å²) in [5.74, 6) is -3.02. The first-order valence-corrected chi connectivity index (χ1v) is 13.8. The Morgan fingerprint density at radius 1 is 1.22 bits per heavy atom. The molecule has 2 unspecified atom stereocenters. The zero-order valence-electron chi connectivity index (χ0n) is 21.5. The van der Waals surface area contributed by atoms with E-state index in [4.69, 9.17) is 21.1 Å². The molecule has 1 N–H and O–H groups in total. The fraction of sp³-hybridized carbons (Fsp3) is 0.607. The number of ketones is 1. The summed E-state index contributed by atoms with van der Waals surface area (Å²) >= 11 is 8.67. The van der Waals surface area contributed by atoms with Crippen molar-refractivity contribution < 1.29 is 33.4 Å². The summed E-state index contributed by atoms with van der Waals surface area (Å²) in [6.07, 6.45) is 2.13. The first-order chi connectivity index (χ1) is 17.3. The van der Waals surface area contributed by atoms with Gasteiger partial charge in [-0.05, 0) is 67.9 Å². The Labute approximate surface area is 224 Å². The molecular weight excluding hydrogens is 519 g/mol. The molecule has 0 aliphatic heterocycles. The summed E-state index contributed by atoms with van der Waals surface area (Å²) in [5.41, 5.74) is -3.59. The van der Waals surface area contributed by atoms with Crippen molar-refractivity contribution in [3.63, 3.8) is 0 Å². The van der Waals surface area contributed by atoms with E-state index in [1.54, 1.807) is 25.1 Å². The van der Waals surface area contributed by atoms with Crippen LogP contribution in [0.15, 0.2) is 35.9 Å². The topological polar surface area (TPSA) is 89.9 Å². The number of alkyl halides is 2. The van der Waals surface area contributed by atoms with E-state index in [1.165, 1.54) is 30.6 Å². The van der Waals surface area contributed by atoms with E-state index in [0.29, 0.717) is 11.3 Å². The Balaban J connectivity index is 1.63. The van der Waals surface area contributed by atoms with Crippen LogP contribution in [-0.4, -0.2) is 52.7 Å². The van der Waals surface area contributed by atoms with Crippen molar-refractivity contribution in [3.8, 4) is 0 Å². The van der Waals surface area contributed by atoms with Crippen molar-refractivity contribution in [2.45, 2.75) is 69.7 Å². The molecule has 4 aliphatic carbocycles. The molecule has 9 heteroatoms. The number of fused-ring (bicyclic) bond motifs is 5. The highest BCUT2D eigenvalue weighted by Gasteiger charge is 2.78. The molecular formula is C28H32ClFO6S. The number of halogens is 2. The molecule has 0 spiro atoms. The molecule has 9 atom stereocenters. The first kappa shape index (κ1) is 26.6. The van der Waals surface area contributed by atoms with Gasteiger partial charge in [0.25, 0.3) is 0 Å². The number of thiophene rings is 1. The van der Waals surface area contributed by atoms with Gasteiger partial charge in [0.1, 0.15) is 11.0 Å². The van der Waals surface area contributed by atoms with E-state index in [9.17, 15) is 19.5 Å². The number of ether oxygens (including phenoxy) is 2. The van der Waals surface area contributed by atoms with E-state index in [1.807, 2.05) is 20.8 Å². The predicted molar refractivity (Wildman–Crippen MR) is 137 cm³/mol. The summed E-state index contributed by atoms with van der Waals surface area (Å²) in [4.78, 5) is 39.0. The average Bonchev–Trinajstić information content (AvgIpc) is 3.37. The molecule has 200 valence electrons. The molecule has 0 aromatic carbocycles. The summed E-state index contributed by atoms with van der Waals surface area (Å²) < 4.78 is 27.2. The largest absolute Gasteiger partial charge is 0.466 e. The van der Waals surface area contributed by atoms with Gasteiger partial charge in [0.15, 0.2) is 5.78 Å². The molecule has 4 aliphatic rings. The van der Waals surface area contributed by atoms with Gasteiger partial charge in [0, 0.05) is 21.6 Å². The maximum absolute atomic E-state index is 15.8. The van der Waals surface area contributed by atoms with Crippen LogP contribution in [0.4, 0.5) is 4.39 Å². The van der Waals surface area contributed by atoms with Crippen LogP contribution in [0.5, 0.6) is 0 Å². The second-order valence-electron chi connectivity index (χ2n) is 11.5. The number of esters is 2. The van der Waals surface area contributed by atoms with Gasteiger partial charge in [-0.3, -0.25) is 4.79 Å². The van der Waals surface area contributed by atoms with Crippen molar-refractivity contribution in [3.05, 3.63) is 45.7 Å². The normalized spacial score (nSPS) is 44.4. The monoisotopic (exact) mass is 550 g/mol. The number of aliphatic hydroxyl groups excluding tert-OH is 1. The third kappa shape index (κ3) is 3.27. The average molecular weight is 551 g/mol. The lowest BCUT2D eigenvalue weighted by Gasteiger charge is -2.64. The fourth-order valence-corrected chi connectivity index (χ4v) is 9.34. The lowest BCUT2D eigenvalue weighted by Crippen LogP contribution is -2.70. The molecule has 0 radical (unpaired) electrons. The standard InChI is InChI=1S/C28H32ClFO6S/c1-14-10-17-18-12-20(30)19-11-16(31)8-9-25(19,3)27(18,29)22(32)13-26(17,4)28(14,24(34)35-5)36-23(33)21-7-6-15(2)37-21/h6-9,11,14,17-18,20,22,32H,10,12-13H2,1-5H3/t14-,17?,18?,20+,22+,25+,26+,27+,28+/m1/s1. The number of allylic oxidation sites excluding steroid dienone is 4. The summed E-state index contributed by atoms with van der Waals surface area (Å²) in [6.45, 7) is 7.30. The molecule has 0 saturated heterocycles. The van der Waals surface area contributed by atoms with Gasteiger partial charge < -0.3 is 14.6 Å². The Hall–Kier alpha value is -2.03. The van der Waals surface area contributed by atoms with Crippen LogP contribution in [0.25, 0.3) is 0 Å². The van der Waals surface area contributed by atoms with Gasteiger partial charge in [-0.2, -0.15) is 0 Å². The summed E-state index contributed by atoms with van der Waals surface area (Å²) in [6, 6.07) is 3.46. The van der Waals surface area contributed by atoms with Crippen LogP contribution < -0.4 is 0 Å². The maximum Gasteiger partial charge on any atom is 0.351 e. The van der Waals surface area contributed by atoms with Crippen LogP contribution >= 0.6 is 22.9 Å². The highest BCUT2D eigenvalue weighted by atomic mass is 35.5. The Morgan fingerprint density at radius 2 is 1.92 bits per heavy atom. The third-order valence-corrected chi connectivity index (χ3v) is 11.8. The smallest absolute Gasteiger partial charge is 0.351 e. The van der Waals surface area contributed by atoms with Crippen molar-refractivity contribution >= 4 is 40.7 Å². The number of aliphatic hydroxyl groups is 1. The van der Waals surface area contributed by atoms with Gasteiger partial charge in [-0.25, -0.2) is 14.0 Å². The highest BCUT2D eigenvalue weighted by Crippen LogP contribution is 2.72. The molecule has 37 heavy (non-hydrogen) atoms. The van der Waals surface area contributed by atoms with Gasteiger partial charge in [-0.15, -0.1) is 22.9 Å². The molecule has 1 aromatic rings. The van der Waals surface area contributed by atoms with Crippen molar-refractivity contribution in [2.75, 3.05) is 7.11 Å². The third-order valence-electron chi connectivity index (χ3n) is 9.85. The SMILES string of the molecule is COC(=O)[C@@]1(OC(=O)c2ccc(C)s2)[C@H](C)CC2C3C[C@H](F)C4=CC(=O)C=C[C@]4(C)[C@@]3(Cl)[C@@H](O)C[C@@]21C. The Kier molecular flexibility index (Phi) is 6.09. The number of aryl methyl sites for hydroxylation is 1. The van der Waals surface area contributed by atoms with Crippen LogP contribution in [0.2, 0.25) is 0 Å². The fourth-order valence-electron chi connectivity index (χ4n) is 8.11. The summed E-state index contributed by atoms with van der Waals surface area (Å²) in [5, 5.41) is 11.8. The van der Waals surface area contributed by atoms with Crippen LogP contribution in [0.1, 0.15) is 54.6 Å². The number of hydrogen-bond acceptors (Lipinski definition) is 7. The Morgan fingerprint density at radius 3 is 2.54 bits per heavy atom. The first-order valence-electron chi connectivity index (χ1n) is 12.6. The van der Waals surface area contributed by atoms with Crippen LogP contribution in [-0.2, 0) is 19.1 Å². The van der Waals surface area contributed by atoms with E-state index in [0.717, 1.165) is 4.88 Å². The number of carbonyl (C=O) groups is 3. The molecule has 0 bridgehead atoms. The second-order valence-corrected chi connectivity index (χ2v) is 13.4. The van der Waals surface area contributed by atoms with Gasteiger partial charge in [0.2, 0.25) is 5.60 Å². The molecule has 0 amide bonds. The van der Waals surface area contributed by atoms with Crippen LogP contribution in [0.3, 0.4) is 0 Å². The molecule has 3 saturated carbocycles. The van der Waals surface area contributed by atoms with Crippen molar-refractivity contribution in [1.82, 2.24) is 0 Å². The summed E-state index contributed by atoms with van der Waals surface area (Å²) in [7, 11) is 1.25. The lowest BCUT2D eigenvalue weighted by atomic mass is 9.45. The maximum atomic E-state index is 15.8. The predicted octanol–water partition coefficient (Wildman–Crippen LogP) is 4.96. The van der Waals surface area contributed by atoms with Gasteiger partial charge >= 0.3 is 11.9 Å². The van der Waals surface area contributed by atoms with E-state index >= 15 is 4.39 Å². The van der Waals surface area contributed by atoms with Crippen LogP contribution in [0, 0.1) is 35.5 Å². The van der Waals surface area contributed by atoms with Gasteiger partial charge in [0.05, 0.1) is 18.1 Å². The number of hydrogen-bond donors (Lipinski definition) is 1. The molecule has 5 rings (SSSR count). The minimum Gasteiger partial charge on any atom is -0.466 e. The van der Waals surface area contributed by atoms with E-state index in [-0.39, 0.29) is 30.1 Å². The Bertz CT molecular complexity index is 1240. The zero-order valence-corrected chi connectivity index (χ0v) is 23.1. The lowest BCUT2D eigenvalue weighted by molar-refractivity contribution is -0.199. The number of carbonyl (C=O) groups excluding carboxylic acids is 3. The van der Waals surface area contributed by atoms with E-state index in [2.05, 4.69) is 0 Å². The highest BCUT2D eigenvalue weighted by molar-refractivity contribution is 7.13. The minimum absolute atomic E-state index is 0.00853. The van der Waals surface area contributed by atoms with Crippen molar-refractivity contribution in [2.24, 2.45) is 28.6 Å². The molecule has 1 heterocycles. The molecule has 1 aromatic heterocycles. The minimum atomic E-state index is -1.69. The number of rotatable bonds is 3. The quantitative estimate of drug-likeness (QED) is 0.423. The van der Waals surface area contributed by atoms with Crippen molar-refractivity contribution in [1.29, 1.82) is 0 Å². The van der Waals surface area contributed by atoms with Gasteiger partial charge in [-0.1, -0.05) is 26.8 Å². The zero-order chi connectivity index (χ0) is 27.1. The second kappa shape index (κ2) is 8.48. The van der Waals surface area contributed by atoms with E-state index < -0.39 is 57.4 Å². The molecule has 3 fully saturated rings.